The van der Waals surface area contributed by atoms with Crippen LogP contribution in [0.2, 0.25) is 5.02 Å². The summed E-state index contributed by atoms with van der Waals surface area (Å²) in [6, 6.07) is 27.7. The second-order valence-corrected chi connectivity index (χ2v) is 7.31. The fourth-order valence-electron chi connectivity index (χ4n) is 3.60. The third kappa shape index (κ3) is 4.10. The summed E-state index contributed by atoms with van der Waals surface area (Å²) in [7, 11) is 0. The molecule has 0 spiro atoms. The second kappa shape index (κ2) is 8.38. The Morgan fingerprint density at radius 3 is 2.34 bits per heavy atom. The minimum absolute atomic E-state index is 0.119. The lowest BCUT2D eigenvalue weighted by atomic mass is 9.92. The van der Waals surface area contributed by atoms with Gasteiger partial charge >= 0.3 is 0 Å². The number of nitrogens with one attached hydrogen (secondary N) is 1. The number of carbonyl (C=O) groups excluding carboxylic acids is 1. The minimum Gasteiger partial charge on any atom is -0.508 e. The van der Waals surface area contributed by atoms with E-state index in [1.807, 2.05) is 78.9 Å². The third-order valence-corrected chi connectivity index (χ3v) is 5.31. The van der Waals surface area contributed by atoms with Crippen LogP contribution in [-0.2, 0) is 11.2 Å². The summed E-state index contributed by atoms with van der Waals surface area (Å²) in [5, 5.41) is 16.2. The zero-order valence-corrected chi connectivity index (χ0v) is 16.4. The van der Waals surface area contributed by atoms with Crippen LogP contribution in [0.3, 0.4) is 0 Å². The number of hydrogen-bond acceptors (Lipinski definition) is 2. The fraction of sp³-hybridized carbons (Fsp3) is 0.0800. The summed E-state index contributed by atoms with van der Waals surface area (Å²) in [6.45, 7) is 0. The van der Waals surface area contributed by atoms with Crippen LogP contribution in [0.25, 0.3) is 10.8 Å². The number of fused-ring (bicyclic) bond motifs is 1. The van der Waals surface area contributed by atoms with Crippen molar-refractivity contribution in [3.63, 3.8) is 0 Å². The first-order valence-electron chi connectivity index (χ1n) is 9.42. The maximum absolute atomic E-state index is 12.9. The van der Waals surface area contributed by atoms with Crippen LogP contribution < -0.4 is 5.32 Å². The number of rotatable bonds is 5. The molecule has 0 fully saturated rings. The molecular formula is C25H20ClNO2. The Bertz CT molecular complexity index is 1160. The maximum Gasteiger partial charge on any atom is 0.225 e. The molecule has 0 saturated heterocycles. The molecule has 1 atom stereocenters. The van der Waals surface area contributed by atoms with Crippen molar-refractivity contribution in [3.8, 4) is 5.75 Å². The van der Waals surface area contributed by atoms with Gasteiger partial charge in [0, 0.05) is 10.6 Å². The standard InChI is InChI=1S/C25H20ClNO2/c26-21-13-7-6-12-20(21)25(27-23(29)16-17-8-2-1-3-9-17)24-19-11-5-4-10-18(19)14-15-22(24)28/h1-15,25,28H,16H2,(H,27,29)/t25-/m0/s1. The highest BCUT2D eigenvalue weighted by Gasteiger charge is 2.24. The fourth-order valence-corrected chi connectivity index (χ4v) is 3.84. The van der Waals surface area contributed by atoms with Crippen LogP contribution in [0.4, 0.5) is 0 Å². The number of phenols is 1. The van der Waals surface area contributed by atoms with Crippen molar-refractivity contribution in [3.05, 3.63) is 113 Å². The van der Waals surface area contributed by atoms with Gasteiger partial charge in [0.05, 0.1) is 12.5 Å². The highest BCUT2D eigenvalue weighted by Crippen LogP contribution is 2.38. The summed E-state index contributed by atoms with van der Waals surface area (Å²) in [5.41, 5.74) is 2.30. The van der Waals surface area contributed by atoms with Gasteiger partial charge in [-0.3, -0.25) is 4.79 Å². The van der Waals surface area contributed by atoms with Crippen LogP contribution in [-0.4, -0.2) is 11.0 Å². The van der Waals surface area contributed by atoms with E-state index in [0.717, 1.165) is 21.9 Å². The Hall–Kier alpha value is -3.30. The first-order chi connectivity index (χ1) is 14.1. The lowest BCUT2D eigenvalue weighted by Gasteiger charge is -2.23. The molecular weight excluding hydrogens is 382 g/mol. The van der Waals surface area contributed by atoms with Gasteiger partial charge in [0.15, 0.2) is 0 Å². The number of carbonyl (C=O) groups is 1. The first kappa shape index (κ1) is 19.0. The SMILES string of the molecule is O=C(Cc1ccccc1)N[C@@H](c1ccccc1Cl)c1c(O)ccc2ccccc12. The Labute approximate surface area is 174 Å². The molecule has 4 aromatic carbocycles. The lowest BCUT2D eigenvalue weighted by Crippen LogP contribution is -2.31. The van der Waals surface area contributed by atoms with E-state index in [1.54, 1.807) is 12.1 Å². The van der Waals surface area contributed by atoms with E-state index in [2.05, 4.69) is 5.32 Å². The zero-order valence-electron chi connectivity index (χ0n) is 15.7. The molecule has 0 heterocycles. The van der Waals surface area contributed by atoms with E-state index in [1.165, 1.54) is 0 Å². The predicted molar refractivity (Wildman–Crippen MR) is 117 cm³/mol. The molecule has 4 heteroatoms. The number of hydrogen-bond donors (Lipinski definition) is 2. The van der Waals surface area contributed by atoms with E-state index >= 15 is 0 Å². The summed E-state index contributed by atoms with van der Waals surface area (Å²) in [6.07, 6.45) is 0.243. The van der Waals surface area contributed by atoms with Gasteiger partial charge < -0.3 is 10.4 Å². The van der Waals surface area contributed by atoms with Crippen molar-refractivity contribution in [1.29, 1.82) is 0 Å². The highest BCUT2D eigenvalue weighted by atomic mass is 35.5. The first-order valence-corrected chi connectivity index (χ1v) is 9.79. The molecule has 0 unspecified atom stereocenters. The number of phenolic OH excluding ortho intramolecular Hbond substituents is 1. The predicted octanol–water partition coefficient (Wildman–Crippen LogP) is 5.65. The molecule has 0 aliphatic carbocycles. The molecule has 29 heavy (non-hydrogen) atoms. The average Bonchev–Trinajstić information content (AvgIpc) is 2.74. The minimum atomic E-state index is -0.578. The molecule has 0 aliphatic heterocycles. The quantitative estimate of drug-likeness (QED) is 0.454. The highest BCUT2D eigenvalue weighted by molar-refractivity contribution is 6.31. The average molecular weight is 402 g/mol. The van der Waals surface area contributed by atoms with Crippen LogP contribution in [0, 0.1) is 0 Å². The Morgan fingerprint density at radius 1 is 0.862 bits per heavy atom. The smallest absolute Gasteiger partial charge is 0.225 e. The number of amides is 1. The van der Waals surface area contributed by atoms with Gasteiger partial charge in [0.1, 0.15) is 5.75 Å². The molecule has 3 nitrogen and oxygen atoms in total. The number of benzene rings is 4. The van der Waals surface area contributed by atoms with Crippen molar-refractivity contribution >= 4 is 28.3 Å². The van der Waals surface area contributed by atoms with Crippen molar-refractivity contribution in [2.75, 3.05) is 0 Å². The van der Waals surface area contributed by atoms with E-state index < -0.39 is 6.04 Å². The number of aromatic hydroxyl groups is 1. The van der Waals surface area contributed by atoms with Crippen LogP contribution in [0.1, 0.15) is 22.7 Å². The zero-order chi connectivity index (χ0) is 20.2. The van der Waals surface area contributed by atoms with Crippen molar-refractivity contribution in [1.82, 2.24) is 5.32 Å². The normalized spacial score (nSPS) is 11.9. The monoisotopic (exact) mass is 401 g/mol. The molecule has 4 aromatic rings. The topological polar surface area (TPSA) is 49.3 Å². The van der Waals surface area contributed by atoms with Gasteiger partial charge in [0.25, 0.3) is 0 Å². The largest absolute Gasteiger partial charge is 0.508 e. The van der Waals surface area contributed by atoms with Crippen molar-refractivity contribution in [2.45, 2.75) is 12.5 Å². The van der Waals surface area contributed by atoms with E-state index in [-0.39, 0.29) is 18.1 Å². The van der Waals surface area contributed by atoms with Crippen LogP contribution in [0.15, 0.2) is 91.0 Å². The number of halogens is 1. The third-order valence-electron chi connectivity index (χ3n) is 4.97. The van der Waals surface area contributed by atoms with Crippen molar-refractivity contribution < 1.29 is 9.90 Å². The van der Waals surface area contributed by atoms with Crippen LogP contribution >= 0.6 is 11.6 Å². The van der Waals surface area contributed by atoms with Gasteiger partial charge in [-0.25, -0.2) is 0 Å². The summed E-state index contributed by atoms with van der Waals surface area (Å²) >= 11 is 6.48. The van der Waals surface area contributed by atoms with Crippen molar-refractivity contribution in [2.24, 2.45) is 0 Å². The summed E-state index contributed by atoms with van der Waals surface area (Å²) in [4.78, 5) is 12.9. The maximum atomic E-state index is 12.9. The molecule has 0 aromatic heterocycles. The molecule has 0 bridgehead atoms. The molecule has 0 radical (unpaired) electrons. The Balaban J connectivity index is 1.79. The molecule has 4 rings (SSSR count). The molecule has 144 valence electrons. The van der Waals surface area contributed by atoms with Gasteiger partial charge in [0.2, 0.25) is 5.91 Å². The van der Waals surface area contributed by atoms with Crippen LogP contribution in [0.5, 0.6) is 5.75 Å². The second-order valence-electron chi connectivity index (χ2n) is 6.90. The molecule has 2 N–H and O–H groups in total. The van der Waals surface area contributed by atoms with Gasteiger partial charge in [-0.05, 0) is 34.0 Å². The van der Waals surface area contributed by atoms with E-state index in [9.17, 15) is 9.90 Å². The van der Waals surface area contributed by atoms with Gasteiger partial charge in [-0.2, -0.15) is 0 Å². The van der Waals surface area contributed by atoms with E-state index in [4.69, 9.17) is 11.6 Å². The Kier molecular flexibility index (Phi) is 5.50. The lowest BCUT2D eigenvalue weighted by molar-refractivity contribution is -0.120. The molecule has 0 aliphatic rings. The van der Waals surface area contributed by atoms with Gasteiger partial charge in [-0.15, -0.1) is 0 Å². The molecule has 1 amide bonds. The summed E-state index contributed by atoms with van der Waals surface area (Å²) in [5.74, 6) is -0.0258. The van der Waals surface area contributed by atoms with E-state index in [0.29, 0.717) is 10.6 Å². The Morgan fingerprint density at radius 2 is 1.55 bits per heavy atom. The molecule has 0 saturated carbocycles. The van der Waals surface area contributed by atoms with Gasteiger partial charge in [-0.1, -0.05) is 90.5 Å². The summed E-state index contributed by atoms with van der Waals surface area (Å²) < 4.78 is 0.